The van der Waals surface area contributed by atoms with E-state index in [2.05, 4.69) is 10.3 Å². The van der Waals surface area contributed by atoms with Crippen LogP contribution in [0.4, 0.5) is 5.82 Å². The first kappa shape index (κ1) is 31.1. The van der Waals surface area contributed by atoms with E-state index < -0.39 is 48.1 Å². The second kappa shape index (κ2) is 13.4. The molecule has 43 heavy (non-hydrogen) atoms. The highest BCUT2D eigenvalue weighted by Crippen LogP contribution is 2.40. The van der Waals surface area contributed by atoms with Crippen molar-refractivity contribution in [1.82, 2.24) is 9.55 Å². The van der Waals surface area contributed by atoms with Gasteiger partial charge in [0.05, 0.1) is 5.56 Å². The number of aromatic nitrogens is 2. The Kier molecular flexibility index (Phi) is 9.71. The third kappa shape index (κ3) is 7.72. The molecule has 0 bridgehead atoms. The molecule has 0 aliphatic carbocycles. The largest absolute Gasteiger partial charge is 0.461 e. The number of ether oxygens (including phenoxy) is 4. The highest BCUT2D eigenvalue weighted by molar-refractivity contribution is 5.91. The summed E-state index contributed by atoms with van der Waals surface area (Å²) in [6.45, 7) is 4.99. The minimum absolute atomic E-state index is 0.0628. The Morgan fingerprint density at radius 1 is 0.977 bits per heavy atom. The van der Waals surface area contributed by atoms with Crippen molar-refractivity contribution in [3.05, 3.63) is 82.9 Å². The van der Waals surface area contributed by atoms with Gasteiger partial charge in [0.15, 0.2) is 5.60 Å². The summed E-state index contributed by atoms with van der Waals surface area (Å²) in [5.41, 5.74) is -0.129. The molecule has 1 fully saturated rings. The third-order valence-corrected chi connectivity index (χ3v) is 6.80. The molecule has 226 valence electrons. The minimum atomic E-state index is -1.58. The van der Waals surface area contributed by atoms with Crippen molar-refractivity contribution in [2.24, 2.45) is 5.92 Å². The number of benzene rings is 2. The Hall–Kier alpha value is -4.84. The van der Waals surface area contributed by atoms with Gasteiger partial charge in [-0.3, -0.25) is 19.0 Å². The van der Waals surface area contributed by atoms with Crippen LogP contribution in [0.2, 0.25) is 0 Å². The van der Waals surface area contributed by atoms with Crippen molar-refractivity contribution in [2.45, 2.75) is 52.0 Å². The van der Waals surface area contributed by atoms with Crippen LogP contribution in [0.5, 0.6) is 0 Å². The van der Waals surface area contributed by atoms with Gasteiger partial charge in [0.2, 0.25) is 5.91 Å². The number of hydrogen-bond acceptors (Lipinski definition) is 10. The molecule has 0 radical (unpaired) electrons. The highest BCUT2D eigenvalue weighted by Gasteiger charge is 2.54. The summed E-state index contributed by atoms with van der Waals surface area (Å²) < 4.78 is 23.7. The van der Waals surface area contributed by atoms with Gasteiger partial charge in [0.25, 0.3) is 0 Å². The summed E-state index contributed by atoms with van der Waals surface area (Å²) in [6, 6.07) is 17.9. The summed E-state index contributed by atoms with van der Waals surface area (Å²) >= 11 is 0. The molecular weight excluding hydrogens is 558 g/mol. The topological polar surface area (TPSA) is 152 Å². The fourth-order valence-electron chi connectivity index (χ4n) is 4.58. The Balaban J connectivity index is 1.55. The maximum Gasteiger partial charge on any atom is 0.351 e. The summed E-state index contributed by atoms with van der Waals surface area (Å²) in [6.07, 6.45) is -0.880. The van der Waals surface area contributed by atoms with Gasteiger partial charge in [0.1, 0.15) is 31.4 Å². The molecule has 1 saturated heterocycles. The standard InChI is InChI=1S/C31H33N3O9/c1-19(2)28(37)32-26-14-15-34(30(39)33-26)27-16-31(43-21(4)36,18-41-20(3)35)25(42-27)17-40-29(38)24-12-10-23(11-13-24)22-8-6-5-7-9-22/h5-15,19,25,27H,16-18H2,1-4H3,(H,32,33,37,39)/t25-,27+,31-/m1/s1. The monoisotopic (exact) mass is 591 g/mol. The zero-order chi connectivity index (χ0) is 31.1. The van der Waals surface area contributed by atoms with E-state index in [-0.39, 0.29) is 36.2 Å². The van der Waals surface area contributed by atoms with Crippen LogP contribution in [0.1, 0.15) is 50.7 Å². The lowest BCUT2D eigenvalue weighted by atomic mass is 9.95. The maximum atomic E-state index is 13.0. The van der Waals surface area contributed by atoms with E-state index >= 15 is 0 Å². The van der Waals surface area contributed by atoms with Gasteiger partial charge >= 0.3 is 23.6 Å². The van der Waals surface area contributed by atoms with Crippen molar-refractivity contribution in [3.63, 3.8) is 0 Å². The fourth-order valence-corrected chi connectivity index (χ4v) is 4.58. The number of esters is 3. The molecule has 1 aliphatic rings. The number of anilines is 1. The summed E-state index contributed by atoms with van der Waals surface area (Å²) in [4.78, 5) is 65.7. The lowest BCUT2D eigenvalue weighted by Crippen LogP contribution is -2.49. The van der Waals surface area contributed by atoms with E-state index in [4.69, 9.17) is 18.9 Å². The molecule has 1 amide bonds. The van der Waals surface area contributed by atoms with Crippen LogP contribution in [-0.4, -0.2) is 58.3 Å². The molecule has 0 saturated carbocycles. The van der Waals surface area contributed by atoms with Gasteiger partial charge in [0, 0.05) is 32.4 Å². The summed E-state index contributed by atoms with van der Waals surface area (Å²) in [7, 11) is 0. The predicted octanol–water partition coefficient (Wildman–Crippen LogP) is 3.51. The van der Waals surface area contributed by atoms with Crippen LogP contribution in [0.3, 0.4) is 0 Å². The quantitative estimate of drug-likeness (QED) is 0.274. The highest BCUT2D eigenvalue weighted by atomic mass is 16.6. The van der Waals surface area contributed by atoms with Crippen LogP contribution in [0.25, 0.3) is 11.1 Å². The normalized spacial score (nSPS) is 19.5. The maximum absolute atomic E-state index is 13.0. The molecule has 1 N–H and O–H groups in total. The number of carbonyl (C=O) groups excluding carboxylic acids is 4. The second-order valence-corrected chi connectivity index (χ2v) is 10.4. The number of amides is 1. The Bertz CT molecular complexity index is 1540. The molecule has 1 aliphatic heterocycles. The Labute approximate surface area is 247 Å². The van der Waals surface area contributed by atoms with Crippen molar-refractivity contribution >= 4 is 29.6 Å². The Morgan fingerprint density at radius 3 is 2.26 bits per heavy atom. The third-order valence-electron chi connectivity index (χ3n) is 6.80. The fraction of sp³-hybridized carbons (Fsp3) is 0.355. The number of nitrogens with one attached hydrogen (secondary N) is 1. The van der Waals surface area contributed by atoms with Crippen LogP contribution in [-0.2, 0) is 33.3 Å². The van der Waals surface area contributed by atoms with Gasteiger partial charge < -0.3 is 24.3 Å². The van der Waals surface area contributed by atoms with E-state index in [1.54, 1.807) is 38.1 Å². The van der Waals surface area contributed by atoms with Crippen molar-refractivity contribution in [1.29, 1.82) is 0 Å². The first-order chi connectivity index (χ1) is 20.5. The van der Waals surface area contributed by atoms with Crippen molar-refractivity contribution in [3.8, 4) is 11.1 Å². The van der Waals surface area contributed by atoms with Crippen molar-refractivity contribution < 1.29 is 38.1 Å². The summed E-state index contributed by atoms with van der Waals surface area (Å²) in [5.74, 6) is -2.55. The van der Waals surface area contributed by atoms with Crippen LogP contribution < -0.4 is 11.0 Å². The molecule has 3 aromatic rings. The van der Waals surface area contributed by atoms with Crippen LogP contribution in [0, 0.1) is 5.92 Å². The van der Waals surface area contributed by atoms with Gasteiger partial charge in [-0.15, -0.1) is 0 Å². The van der Waals surface area contributed by atoms with Crippen molar-refractivity contribution in [2.75, 3.05) is 18.5 Å². The van der Waals surface area contributed by atoms with Crippen LogP contribution in [0.15, 0.2) is 71.7 Å². The molecule has 2 heterocycles. The van der Waals surface area contributed by atoms with Gasteiger partial charge in [-0.2, -0.15) is 4.98 Å². The van der Waals surface area contributed by atoms with Gasteiger partial charge in [-0.1, -0.05) is 56.3 Å². The summed E-state index contributed by atoms with van der Waals surface area (Å²) in [5, 5.41) is 2.56. The molecule has 12 heteroatoms. The molecule has 1 aromatic heterocycles. The minimum Gasteiger partial charge on any atom is -0.461 e. The van der Waals surface area contributed by atoms with E-state index in [9.17, 15) is 24.0 Å². The predicted molar refractivity (Wildman–Crippen MR) is 154 cm³/mol. The van der Waals surface area contributed by atoms with E-state index in [0.29, 0.717) is 0 Å². The second-order valence-electron chi connectivity index (χ2n) is 10.4. The number of hydrogen-bond donors (Lipinski definition) is 1. The molecule has 0 unspecified atom stereocenters. The molecular formula is C31H33N3O9. The average Bonchev–Trinajstić information content (AvgIpc) is 3.32. The number of carbonyl (C=O) groups is 4. The SMILES string of the molecule is CC(=O)OC[C@]1(OC(C)=O)C[C@@H](n2ccc(NC(=O)C(C)C)nc2=O)O[C@@H]1COC(=O)c1ccc(-c2ccccc2)cc1. The number of rotatable bonds is 10. The van der Waals surface area contributed by atoms with E-state index in [1.807, 2.05) is 30.3 Å². The molecule has 12 nitrogen and oxygen atoms in total. The van der Waals surface area contributed by atoms with E-state index in [1.165, 1.54) is 26.1 Å². The lowest BCUT2D eigenvalue weighted by Gasteiger charge is -2.32. The smallest absolute Gasteiger partial charge is 0.351 e. The lowest BCUT2D eigenvalue weighted by molar-refractivity contribution is -0.180. The van der Waals surface area contributed by atoms with Crippen LogP contribution >= 0.6 is 0 Å². The average molecular weight is 592 g/mol. The Morgan fingerprint density at radius 2 is 1.65 bits per heavy atom. The van der Waals surface area contributed by atoms with Gasteiger partial charge in [-0.25, -0.2) is 9.59 Å². The zero-order valence-electron chi connectivity index (χ0n) is 24.3. The molecule has 4 rings (SSSR count). The molecule has 0 spiro atoms. The zero-order valence-corrected chi connectivity index (χ0v) is 24.3. The number of nitrogens with zero attached hydrogens (tertiary/aromatic N) is 2. The molecule has 3 atom stereocenters. The van der Waals surface area contributed by atoms with Gasteiger partial charge in [-0.05, 0) is 29.3 Å². The first-order valence-electron chi connectivity index (χ1n) is 13.7. The molecule has 2 aromatic carbocycles. The van der Waals surface area contributed by atoms with E-state index in [0.717, 1.165) is 15.7 Å². The first-order valence-corrected chi connectivity index (χ1v) is 13.7.